The zero-order chi connectivity index (χ0) is 17.4. The van der Waals surface area contributed by atoms with Crippen LogP contribution in [0.4, 0.5) is 0 Å². The number of hydrogen-bond donors (Lipinski definition) is 2. The Bertz CT molecular complexity index is 1090. The molecule has 0 amide bonds. The number of para-hydroxylation sites is 2. The first-order valence-corrected chi connectivity index (χ1v) is 7.89. The summed E-state index contributed by atoms with van der Waals surface area (Å²) in [6.07, 6.45) is 0.725. The van der Waals surface area contributed by atoms with Gasteiger partial charge >= 0.3 is 5.97 Å². The Morgan fingerprint density at radius 1 is 1.00 bits per heavy atom. The second-order valence-corrected chi connectivity index (χ2v) is 5.78. The van der Waals surface area contributed by atoms with Gasteiger partial charge in [-0.1, -0.05) is 36.4 Å². The van der Waals surface area contributed by atoms with Crippen LogP contribution in [0.3, 0.4) is 0 Å². The van der Waals surface area contributed by atoms with Gasteiger partial charge in [0.2, 0.25) is 5.78 Å². The van der Waals surface area contributed by atoms with E-state index in [-0.39, 0.29) is 11.5 Å². The molecule has 2 aromatic heterocycles. The summed E-state index contributed by atoms with van der Waals surface area (Å²) in [4.78, 5) is 28.1. The molecule has 2 heterocycles. The third-order valence-electron chi connectivity index (χ3n) is 4.17. The smallest absolute Gasteiger partial charge is 0.360 e. The molecular formula is C19H15N3O3. The van der Waals surface area contributed by atoms with Gasteiger partial charge in [0.05, 0.1) is 5.52 Å². The Hall–Kier alpha value is -3.41. The number of aromatic nitrogens is 3. The van der Waals surface area contributed by atoms with E-state index >= 15 is 0 Å². The number of nitrogens with zero attached hydrogens (tertiary/aromatic N) is 1. The number of ketones is 1. The number of carbonyl (C=O) groups excluding carboxylic acids is 2. The molecule has 0 aliphatic heterocycles. The number of carbonyl (C=O) groups is 2. The summed E-state index contributed by atoms with van der Waals surface area (Å²) in [5.41, 5.74) is 2.28. The number of Topliss-reactive ketones (excluding diaryl/α,β-unsaturated/α-hetero) is 1. The monoisotopic (exact) mass is 333 g/mol. The minimum atomic E-state index is -0.915. The highest BCUT2D eigenvalue weighted by atomic mass is 16.5. The van der Waals surface area contributed by atoms with Gasteiger partial charge in [-0.15, -0.1) is 0 Å². The molecule has 0 spiro atoms. The van der Waals surface area contributed by atoms with E-state index in [4.69, 9.17) is 4.74 Å². The molecule has 0 radical (unpaired) electrons. The molecule has 2 aromatic carbocycles. The summed E-state index contributed by atoms with van der Waals surface area (Å²) in [6, 6.07) is 14.8. The molecule has 0 bridgehead atoms. The molecule has 0 unspecified atom stereocenters. The first kappa shape index (κ1) is 15.1. The fourth-order valence-corrected chi connectivity index (χ4v) is 2.88. The molecule has 6 heteroatoms. The van der Waals surface area contributed by atoms with Gasteiger partial charge in [-0.05, 0) is 19.1 Å². The van der Waals surface area contributed by atoms with Crippen molar-refractivity contribution in [3.05, 3.63) is 66.0 Å². The third kappa shape index (κ3) is 2.57. The fourth-order valence-electron chi connectivity index (χ4n) is 2.88. The van der Waals surface area contributed by atoms with E-state index in [9.17, 15) is 9.59 Å². The average Bonchev–Trinajstić information content (AvgIpc) is 3.25. The number of H-pyrrole nitrogens is 2. The number of aromatic amines is 2. The highest BCUT2D eigenvalue weighted by Crippen LogP contribution is 2.21. The number of benzene rings is 2. The van der Waals surface area contributed by atoms with Crippen LogP contribution in [-0.2, 0) is 4.74 Å². The van der Waals surface area contributed by atoms with Gasteiger partial charge in [0, 0.05) is 28.0 Å². The van der Waals surface area contributed by atoms with E-state index in [1.165, 1.54) is 0 Å². The lowest BCUT2D eigenvalue weighted by molar-refractivity contribution is 0.0315. The molecular weight excluding hydrogens is 318 g/mol. The van der Waals surface area contributed by atoms with Gasteiger partial charge in [0.1, 0.15) is 0 Å². The van der Waals surface area contributed by atoms with E-state index in [1.807, 2.05) is 42.5 Å². The Balaban J connectivity index is 1.58. The van der Waals surface area contributed by atoms with Crippen LogP contribution in [0, 0.1) is 0 Å². The minimum absolute atomic E-state index is 0.175. The predicted octanol–water partition coefficient (Wildman–Crippen LogP) is 3.47. The highest BCUT2D eigenvalue weighted by Gasteiger charge is 2.24. The van der Waals surface area contributed by atoms with Crippen molar-refractivity contribution < 1.29 is 14.3 Å². The molecule has 4 aromatic rings. The highest BCUT2D eigenvalue weighted by molar-refractivity contribution is 6.11. The molecule has 1 atom stereocenters. The predicted molar refractivity (Wildman–Crippen MR) is 93.6 cm³/mol. The summed E-state index contributed by atoms with van der Waals surface area (Å²) < 4.78 is 5.35. The number of esters is 1. The number of hydrogen-bond acceptors (Lipinski definition) is 4. The van der Waals surface area contributed by atoms with Gasteiger partial charge in [-0.3, -0.25) is 9.89 Å². The first-order valence-electron chi connectivity index (χ1n) is 7.89. The van der Waals surface area contributed by atoms with Crippen molar-refractivity contribution in [1.29, 1.82) is 0 Å². The lowest BCUT2D eigenvalue weighted by Gasteiger charge is -2.11. The largest absolute Gasteiger partial charge is 0.449 e. The number of nitrogens with one attached hydrogen (secondary N) is 2. The van der Waals surface area contributed by atoms with Gasteiger partial charge < -0.3 is 9.72 Å². The molecule has 6 nitrogen and oxygen atoms in total. The Morgan fingerprint density at radius 3 is 2.48 bits per heavy atom. The molecule has 0 aliphatic rings. The van der Waals surface area contributed by atoms with Gasteiger partial charge in [0.25, 0.3) is 0 Å². The van der Waals surface area contributed by atoms with E-state index in [0.29, 0.717) is 10.9 Å². The molecule has 2 N–H and O–H groups in total. The van der Waals surface area contributed by atoms with Crippen molar-refractivity contribution in [3.8, 4) is 0 Å². The molecule has 124 valence electrons. The van der Waals surface area contributed by atoms with Crippen LogP contribution in [0.1, 0.15) is 27.8 Å². The summed E-state index contributed by atoms with van der Waals surface area (Å²) in [7, 11) is 0. The van der Waals surface area contributed by atoms with Crippen LogP contribution in [-0.4, -0.2) is 33.0 Å². The Kier molecular flexibility index (Phi) is 3.57. The van der Waals surface area contributed by atoms with Gasteiger partial charge in [-0.25, -0.2) is 4.79 Å². The number of rotatable bonds is 4. The molecule has 0 saturated heterocycles. The normalized spacial score (nSPS) is 12.4. The van der Waals surface area contributed by atoms with Crippen molar-refractivity contribution in [2.75, 3.05) is 0 Å². The topological polar surface area (TPSA) is 87.8 Å². The van der Waals surface area contributed by atoms with E-state index < -0.39 is 12.1 Å². The zero-order valence-electron chi connectivity index (χ0n) is 13.4. The van der Waals surface area contributed by atoms with Crippen molar-refractivity contribution in [2.24, 2.45) is 0 Å². The van der Waals surface area contributed by atoms with Gasteiger partial charge in [-0.2, -0.15) is 5.10 Å². The Labute approximate surface area is 142 Å². The minimum Gasteiger partial charge on any atom is -0.449 e. The second-order valence-electron chi connectivity index (χ2n) is 5.78. The first-order chi connectivity index (χ1) is 12.1. The molecule has 4 rings (SSSR count). The van der Waals surface area contributed by atoms with Crippen LogP contribution in [0.15, 0.2) is 54.7 Å². The second kappa shape index (κ2) is 5.90. The summed E-state index contributed by atoms with van der Waals surface area (Å²) >= 11 is 0. The Morgan fingerprint density at radius 2 is 1.68 bits per heavy atom. The lowest BCUT2D eigenvalue weighted by atomic mass is 10.1. The maximum atomic E-state index is 12.7. The maximum absolute atomic E-state index is 12.7. The standard InChI is InChI=1S/C19H15N3O3/c1-11(18(23)14-10-20-15-8-4-2-6-12(14)15)25-19(24)17-13-7-3-5-9-16(13)21-22-17/h2-11,20H,1H3,(H,21,22)/t11-/m1/s1. The van der Waals surface area contributed by atoms with Crippen LogP contribution >= 0.6 is 0 Å². The zero-order valence-corrected chi connectivity index (χ0v) is 13.4. The van der Waals surface area contributed by atoms with E-state index in [1.54, 1.807) is 19.2 Å². The van der Waals surface area contributed by atoms with Crippen molar-refractivity contribution in [1.82, 2.24) is 15.2 Å². The molecule has 0 fully saturated rings. The van der Waals surface area contributed by atoms with Crippen molar-refractivity contribution in [2.45, 2.75) is 13.0 Å². The quantitative estimate of drug-likeness (QED) is 0.442. The summed E-state index contributed by atoms with van der Waals surface area (Å²) in [6.45, 7) is 1.57. The maximum Gasteiger partial charge on any atom is 0.360 e. The average molecular weight is 333 g/mol. The summed E-state index contributed by atoms with van der Waals surface area (Å²) in [5, 5.41) is 8.26. The third-order valence-corrected chi connectivity index (χ3v) is 4.17. The number of ether oxygens (including phenoxy) is 1. The molecule has 0 saturated carbocycles. The van der Waals surface area contributed by atoms with Crippen molar-refractivity contribution >= 4 is 33.6 Å². The van der Waals surface area contributed by atoms with Crippen LogP contribution in [0.25, 0.3) is 21.8 Å². The molecule has 25 heavy (non-hydrogen) atoms. The lowest BCUT2D eigenvalue weighted by Crippen LogP contribution is -2.24. The fraction of sp³-hybridized carbons (Fsp3) is 0.105. The van der Waals surface area contributed by atoms with Crippen LogP contribution < -0.4 is 0 Å². The molecule has 0 aliphatic carbocycles. The van der Waals surface area contributed by atoms with Crippen molar-refractivity contribution in [3.63, 3.8) is 0 Å². The van der Waals surface area contributed by atoms with Crippen LogP contribution in [0.5, 0.6) is 0 Å². The van der Waals surface area contributed by atoms with E-state index in [0.717, 1.165) is 16.4 Å². The van der Waals surface area contributed by atoms with Gasteiger partial charge in [0.15, 0.2) is 11.8 Å². The number of fused-ring (bicyclic) bond motifs is 2. The van der Waals surface area contributed by atoms with Crippen LogP contribution in [0.2, 0.25) is 0 Å². The van der Waals surface area contributed by atoms with E-state index in [2.05, 4.69) is 15.2 Å². The SMILES string of the molecule is C[C@@H](OC(=O)c1n[nH]c2ccccc12)C(=O)c1c[nH]c2ccccc12. The summed E-state index contributed by atoms with van der Waals surface area (Å²) in [5.74, 6) is -0.885.